The number of halogens is 1. The summed E-state index contributed by atoms with van der Waals surface area (Å²) in [5, 5.41) is 10.9. The summed E-state index contributed by atoms with van der Waals surface area (Å²) in [6, 6.07) is 10.4. The normalized spacial score (nSPS) is 10.6. The average molecular weight is 377 g/mol. The van der Waals surface area contributed by atoms with Gasteiger partial charge in [0.2, 0.25) is 11.8 Å². The molecule has 25 heavy (non-hydrogen) atoms. The second kappa shape index (κ2) is 7.54. The van der Waals surface area contributed by atoms with Crippen LogP contribution in [-0.4, -0.2) is 32.3 Å². The third kappa shape index (κ3) is 4.28. The molecule has 3 rings (SSSR count). The number of carbonyl (C=O) groups is 2. The lowest BCUT2D eigenvalue weighted by Gasteiger charge is -2.03. The molecule has 0 aliphatic rings. The van der Waals surface area contributed by atoms with Crippen LogP contribution in [0.15, 0.2) is 52.2 Å². The van der Waals surface area contributed by atoms with Crippen molar-refractivity contribution in [3.05, 3.63) is 53.3 Å². The highest BCUT2D eigenvalue weighted by molar-refractivity contribution is 7.99. The van der Waals surface area contributed by atoms with Gasteiger partial charge in [0, 0.05) is 23.8 Å². The third-order valence-electron chi connectivity index (χ3n) is 3.23. The molecule has 0 radical (unpaired) electrons. The number of carbonyl (C=O) groups excluding carboxylic acids is 2. The Morgan fingerprint density at radius 1 is 1.28 bits per heavy atom. The maximum Gasteiger partial charge on any atom is 0.277 e. The molecule has 0 unspecified atom stereocenters. The monoisotopic (exact) mass is 376 g/mol. The first-order chi connectivity index (χ1) is 12.0. The van der Waals surface area contributed by atoms with Crippen LogP contribution in [-0.2, 0) is 11.8 Å². The second-order valence-corrected chi connectivity index (χ2v) is 6.42. The first-order valence-corrected chi connectivity index (χ1v) is 8.57. The minimum absolute atomic E-state index is 0.0205. The highest BCUT2D eigenvalue weighted by Gasteiger charge is 2.15. The van der Waals surface area contributed by atoms with Crippen molar-refractivity contribution in [3.63, 3.8) is 0 Å². The number of nitrogens with zero attached hydrogens (tertiary/aromatic N) is 3. The van der Waals surface area contributed by atoms with Crippen LogP contribution in [0.3, 0.4) is 0 Å². The van der Waals surface area contributed by atoms with Crippen LogP contribution >= 0.6 is 23.4 Å². The smallest absolute Gasteiger partial charge is 0.277 e. The van der Waals surface area contributed by atoms with E-state index in [9.17, 15) is 9.59 Å². The number of amides is 2. The van der Waals surface area contributed by atoms with Crippen molar-refractivity contribution < 1.29 is 14.0 Å². The summed E-state index contributed by atoms with van der Waals surface area (Å²) in [6.07, 6.45) is 1.73. The molecule has 2 amide bonds. The van der Waals surface area contributed by atoms with Gasteiger partial charge in [0.1, 0.15) is 5.69 Å². The van der Waals surface area contributed by atoms with Crippen molar-refractivity contribution in [1.29, 1.82) is 0 Å². The molecule has 128 valence electrons. The Bertz CT molecular complexity index is 922. The topological polar surface area (TPSA) is 90.0 Å². The van der Waals surface area contributed by atoms with Crippen molar-refractivity contribution in [2.24, 2.45) is 7.05 Å². The predicted octanol–water partition coefficient (Wildman–Crippen LogP) is 2.78. The van der Waals surface area contributed by atoms with Gasteiger partial charge in [-0.25, -0.2) is 0 Å². The van der Waals surface area contributed by atoms with Gasteiger partial charge in [-0.15, -0.1) is 10.2 Å². The molecule has 0 spiro atoms. The Hall–Kier alpha value is -2.58. The number of imide groups is 1. The molecule has 7 nitrogen and oxygen atoms in total. The second-order valence-electron chi connectivity index (χ2n) is 5.05. The fourth-order valence-corrected chi connectivity index (χ4v) is 2.81. The van der Waals surface area contributed by atoms with Crippen LogP contribution in [0.1, 0.15) is 10.5 Å². The summed E-state index contributed by atoms with van der Waals surface area (Å²) < 4.78 is 7.11. The first-order valence-electron chi connectivity index (χ1n) is 7.20. The lowest BCUT2D eigenvalue weighted by atomic mass is 10.2. The van der Waals surface area contributed by atoms with Gasteiger partial charge < -0.3 is 8.98 Å². The molecule has 0 saturated heterocycles. The largest absolute Gasteiger partial charge is 0.411 e. The van der Waals surface area contributed by atoms with Gasteiger partial charge in [-0.2, -0.15) is 0 Å². The Balaban J connectivity index is 1.56. The van der Waals surface area contributed by atoms with Crippen LogP contribution in [0.2, 0.25) is 5.02 Å². The highest BCUT2D eigenvalue weighted by atomic mass is 35.5. The van der Waals surface area contributed by atoms with E-state index in [1.165, 1.54) is 0 Å². The molecule has 0 saturated carbocycles. The standard InChI is InChI=1S/C16H13ClN4O3S/c1-21-7-3-6-12(21)14(23)18-13(22)9-25-16-20-19-15(24-16)10-4-2-5-11(17)8-10/h2-8H,9H2,1H3,(H,18,22,23). The predicted molar refractivity (Wildman–Crippen MR) is 93.4 cm³/mol. The van der Waals surface area contributed by atoms with E-state index in [1.807, 2.05) is 0 Å². The number of aromatic nitrogens is 3. The summed E-state index contributed by atoms with van der Waals surface area (Å²) in [7, 11) is 1.73. The van der Waals surface area contributed by atoms with Gasteiger partial charge in [0.15, 0.2) is 0 Å². The number of rotatable bonds is 5. The molecule has 3 aromatic rings. The molecule has 1 N–H and O–H groups in total. The summed E-state index contributed by atoms with van der Waals surface area (Å²) in [5.74, 6) is -0.611. The minimum Gasteiger partial charge on any atom is -0.411 e. The Labute approximate surface area is 152 Å². The summed E-state index contributed by atoms with van der Waals surface area (Å²) in [6.45, 7) is 0. The Kier molecular flexibility index (Phi) is 5.20. The maximum absolute atomic E-state index is 11.9. The Morgan fingerprint density at radius 2 is 2.12 bits per heavy atom. The van der Waals surface area contributed by atoms with E-state index in [4.69, 9.17) is 16.0 Å². The molecule has 1 aromatic carbocycles. The zero-order valence-corrected chi connectivity index (χ0v) is 14.7. The van der Waals surface area contributed by atoms with Crippen LogP contribution in [0.5, 0.6) is 0 Å². The van der Waals surface area contributed by atoms with E-state index < -0.39 is 11.8 Å². The number of aryl methyl sites for hydroxylation is 1. The van der Waals surface area contributed by atoms with E-state index in [0.717, 1.165) is 11.8 Å². The van der Waals surface area contributed by atoms with Gasteiger partial charge in [0.25, 0.3) is 11.1 Å². The lowest BCUT2D eigenvalue weighted by molar-refractivity contribution is -0.117. The van der Waals surface area contributed by atoms with Crippen molar-refractivity contribution in [3.8, 4) is 11.5 Å². The van der Waals surface area contributed by atoms with Gasteiger partial charge in [-0.3, -0.25) is 14.9 Å². The van der Waals surface area contributed by atoms with Gasteiger partial charge >= 0.3 is 0 Å². The highest BCUT2D eigenvalue weighted by Crippen LogP contribution is 2.24. The molecule has 0 aliphatic heterocycles. The third-order valence-corrected chi connectivity index (χ3v) is 4.29. The van der Waals surface area contributed by atoms with Gasteiger partial charge in [0.05, 0.1) is 5.75 Å². The van der Waals surface area contributed by atoms with Gasteiger partial charge in [-0.05, 0) is 30.3 Å². The average Bonchev–Trinajstić information content (AvgIpc) is 3.22. The first kappa shape index (κ1) is 17.2. The molecule has 0 atom stereocenters. The number of thioether (sulfide) groups is 1. The van der Waals surface area contributed by atoms with Crippen molar-refractivity contribution in [1.82, 2.24) is 20.1 Å². The lowest BCUT2D eigenvalue weighted by Crippen LogP contribution is -2.32. The number of benzene rings is 1. The van der Waals surface area contributed by atoms with E-state index in [0.29, 0.717) is 22.2 Å². The summed E-state index contributed by atoms with van der Waals surface area (Å²) in [4.78, 5) is 23.8. The van der Waals surface area contributed by atoms with Crippen LogP contribution in [0.4, 0.5) is 0 Å². The summed E-state index contributed by atoms with van der Waals surface area (Å²) >= 11 is 6.97. The van der Waals surface area contributed by atoms with Crippen LogP contribution in [0, 0.1) is 0 Å². The maximum atomic E-state index is 11.9. The molecular weight excluding hydrogens is 364 g/mol. The fraction of sp³-hybridized carbons (Fsp3) is 0.125. The zero-order valence-electron chi connectivity index (χ0n) is 13.1. The van der Waals surface area contributed by atoms with E-state index in [-0.39, 0.29) is 11.0 Å². The Morgan fingerprint density at radius 3 is 2.84 bits per heavy atom. The van der Waals surface area contributed by atoms with Crippen LogP contribution in [0.25, 0.3) is 11.5 Å². The molecular formula is C16H13ClN4O3S. The molecule has 2 aromatic heterocycles. The molecule has 9 heteroatoms. The van der Waals surface area contributed by atoms with Crippen molar-refractivity contribution in [2.45, 2.75) is 5.22 Å². The van der Waals surface area contributed by atoms with Crippen molar-refractivity contribution >= 4 is 35.2 Å². The van der Waals surface area contributed by atoms with Gasteiger partial charge in [-0.1, -0.05) is 29.4 Å². The fourth-order valence-electron chi connectivity index (χ4n) is 2.06. The minimum atomic E-state index is -0.455. The summed E-state index contributed by atoms with van der Waals surface area (Å²) in [5.41, 5.74) is 1.09. The molecule has 0 fully saturated rings. The quantitative estimate of drug-likeness (QED) is 0.688. The number of hydrogen-bond acceptors (Lipinski definition) is 6. The molecule has 0 bridgehead atoms. The number of hydrogen-bond donors (Lipinski definition) is 1. The zero-order chi connectivity index (χ0) is 17.8. The number of nitrogens with one attached hydrogen (secondary N) is 1. The molecule has 2 heterocycles. The van der Waals surface area contributed by atoms with E-state index >= 15 is 0 Å². The molecule has 0 aliphatic carbocycles. The van der Waals surface area contributed by atoms with E-state index in [2.05, 4.69) is 15.5 Å². The van der Waals surface area contributed by atoms with E-state index in [1.54, 1.807) is 54.2 Å². The van der Waals surface area contributed by atoms with Crippen molar-refractivity contribution in [2.75, 3.05) is 5.75 Å². The SMILES string of the molecule is Cn1cccc1C(=O)NC(=O)CSc1nnc(-c2cccc(Cl)c2)o1. The van der Waals surface area contributed by atoms with Crippen LogP contribution < -0.4 is 5.32 Å².